The van der Waals surface area contributed by atoms with Gasteiger partial charge in [-0.25, -0.2) is 0 Å². The number of fused-ring (bicyclic) bond motifs is 1. The van der Waals surface area contributed by atoms with Crippen LogP contribution < -0.4 is 5.32 Å². The molecule has 2 aromatic heterocycles. The van der Waals surface area contributed by atoms with Crippen molar-refractivity contribution in [2.75, 3.05) is 0 Å². The van der Waals surface area contributed by atoms with Gasteiger partial charge in [0.2, 0.25) is 5.91 Å². The maximum Gasteiger partial charge on any atom is 0.222 e. The van der Waals surface area contributed by atoms with Gasteiger partial charge in [0, 0.05) is 24.2 Å². The van der Waals surface area contributed by atoms with Crippen LogP contribution in [0.5, 0.6) is 0 Å². The van der Waals surface area contributed by atoms with Crippen molar-refractivity contribution in [1.82, 2.24) is 20.1 Å². The average molecular weight is 294 g/mol. The number of hydrogen-bond acceptors (Lipinski definition) is 3. The highest BCUT2D eigenvalue weighted by molar-refractivity contribution is 5.79. The average Bonchev–Trinajstić information content (AvgIpc) is 2.97. The fourth-order valence-electron chi connectivity index (χ4n) is 2.44. The third kappa shape index (κ3) is 3.14. The van der Waals surface area contributed by atoms with Gasteiger partial charge >= 0.3 is 0 Å². The summed E-state index contributed by atoms with van der Waals surface area (Å²) in [6.07, 6.45) is 5.72. The Morgan fingerprint density at radius 3 is 2.91 bits per heavy atom. The molecule has 1 amide bonds. The summed E-state index contributed by atoms with van der Waals surface area (Å²) in [5.74, 6) is 0.0101. The van der Waals surface area contributed by atoms with Gasteiger partial charge in [0.1, 0.15) is 0 Å². The van der Waals surface area contributed by atoms with Crippen LogP contribution in [0.25, 0.3) is 10.9 Å². The number of nitrogens with one attached hydrogen (secondary N) is 1. The quantitative estimate of drug-likeness (QED) is 0.787. The summed E-state index contributed by atoms with van der Waals surface area (Å²) in [6.45, 7) is 2.53. The molecule has 0 aliphatic heterocycles. The minimum Gasteiger partial charge on any atom is -0.349 e. The lowest BCUT2D eigenvalue weighted by atomic mass is 10.1. The highest BCUT2D eigenvalue weighted by Gasteiger charge is 2.10. The van der Waals surface area contributed by atoms with Crippen LogP contribution in [0.4, 0.5) is 0 Å². The van der Waals surface area contributed by atoms with Crippen molar-refractivity contribution in [2.24, 2.45) is 0 Å². The molecule has 1 N–H and O–H groups in total. The molecule has 0 radical (unpaired) electrons. The van der Waals surface area contributed by atoms with Gasteiger partial charge < -0.3 is 5.32 Å². The van der Waals surface area contributed by atoms with Crippen LogP contribution in [0, 0.1) is 0 Å². The van der Waals surface area contributed by atoms with Gasteiger partial charge in [0.25, 0.3) is 0 Å². The Balaban J connectivity index is 1.58. The summed E-state index contributed by atoms with van der Waals surface area (Å²) in [5, 5.41) is 8.41. The van der Waals surface area contributed by atoms with Crippen LogP contribution in [0.2, 0.25) is 0 Å². The molecule has 3 rings (SSSR count). The molecule has 0 bridgehead atoms. The SMILES string of the molecule is C[C@H](NC(=O)CCn1ncc2ccccc21)c1cccnc1. The molecule has 0 unspecified atom stereocenters. The Kier molecular flexibility index (Phi) is 4.14. The Labute approximate surface area is 129 Å². The Morgan fingerprint density at radius 1 is 1.23 bits per heavy atom. The zero-order valence-electron chi connectivity index (χ0n) is 12.4. The highest BCUT2D eigenvalue weighted by atomic mass is 16.1. The first-order valence-electron chi connectivity index (χ1n) is 7.34. The zero-order chi connectivity index (χ0) is 15.4. The van der Waals surface area contributed by atoms with Crippen molar-refractivity contribution in [2.45, 2.75) is 25.9 Å². The third-order valence-electron chi connectivity index (χ3n) is 3.66. The predicted molar refractivity (Wildman–Crippen MR) is 85.1 cm³/mol. The molecule has 112 valence electrons. The normalized spacial score (nSPS) is 12.2. The van der Waals surface area contributed by atoms with Crippen molar-refractivity contribution in [3.05, 3.63) is 60.6 Å². The zero-order valence-corrected chi connectivity index (χ0v) is 12.4. The maximum absolute atomic E-state index is 12.1. The molecule has 0 saturated heterocycles. The van der Waals surface area contributed by atoms with Gasteiger partial charge in [-0.2, -0.15) is 5.10 Å². The first-order valence-corrected chi connectivity index (χ1v) is 7.34. The molecule has 5 heteroatoms. The summed E-state index contributed by atoms with van der Waals surface area (Å²) >= 11 is 0. The highest BCUT2D eigenvalue weighted by Crippen LogP contribution is 2.13. The fourth-order valence-corrected chi connectivity index (χ4v) is 2.44. The Hall–Kier alpha value is -2.69. The second-order valence-electron chi connectivity index (χ2n) is 5.25. The van der Waals surface area contributed by atoms with Gasteiger partial charge in [0.15, 0.2) is 0 Å². The molecule has 0 fully saturated rings. The molecule has 3 aromatic rings. The van der Waals surface area contributed by atoms with E-state index >= 15 is 0 Å². The summed E-state index contributed by atoms with van der Waals surface area (Å²) in [5.41, 5.74) is 2.05. The molecule has 5 nitrogen and oxygen atoms in total. The predicted octanol–water partition coefficient (Wildman–Crippen LogP) is 2.70. The van der Waals surface area contributed by atoms with Gasteiger partial charge in [-0.3, -0.25) is 14.5 Å². The lowest BCUT2D eigenvalue weighted by Crippen LogP contribution is -2.27. The monoisotopic (exact) mass is 294 g/mol. The van der Waals surface area contributed by atoms with Gasteiger partial charge in [-0.05, 0) is 24.6 Å². The molecule has 0 spiro atoms. The summed E-state index contributed by atoms with van der Waals surface area (Å²) < 4.78 is 1.86. The molecular formula is C17H18N4O. The standard InChI is InChI=1S/C17H18N4O/c1-13(14-6-4-9-18-11-14)20-17(22)8-10-21-16-7-3-2-5-15(16)12-19-21/h2-7,9,11-13H,8,10H2,1H3,(H,20,22)/t13-/m0/s1. The number of aryl methyl sites for hydroxylation is 1. The second-order valence-corrected chi connectivity index (χ2v) is 5.25. The first-order chi connectivity index (χ1) is 10.7. The van der Waals surface area contributed by atoms with Crippen LogP contribution in [0.1, 0.15) is 24.9 Å². The van der Waals surface area contributed by atoms with Crippen LogP contribution >= 0.6 is 0 Å². The molecule has 1 aromatic carbocycles. The van der Waals surface area contributed by atoms with Crippen LogP contribution in [-0.4, -0.2) is 20.7 Å². The summed E-state index contributed by atoms with van der Waals surface area (Å²) in [7, 11) is 0. The smallest absolute Gasteiger partial charge is 0.222 e. The Morgan fingerprint density at radius 2 is 2.09 bits per heavy atom. The van der Waals surface area contributed by atoms with Crippen LogP contribution in [-0.2, 0) is 11.3 Å². The Bertz CT molecular complexity index is 766. The van der Waals surface area contributed by atoms with E-state index in [2.05, 4.69) is 15.4 Å². The van der Waals surface area contributed by atoms with E-state index in [-0.39, 0.29) is 11.9 Å². The van der Waals surface area contributed by atoms with Crippen molar-refractivity contribution in [1.29, 1.82) is 0 Å². The van der Waals surface area contributed by atoms with Gasteiger partial charge in [-0.1, -0.05) is 24.3 Å². The van der Waals surface area contributed by atoms with E-state index in [1.165, 1.54) is 0 Å². The van der Waals surface area contributed by atoms with E-state index in [0.717, 1.165) is 16.5 Å². The van der Waals surface area contributed by atoms with E-state index in [9.17, 15) is 4.79 Å². The van der Waals surface area contributed by atoms with Crippen molar-refractivity contribution in [3.8, 4) is 0 Å². The number of nitrogens with zero attached hydrogens (tertiary/aromatic N) is 3. The van der Waals surface area contributed by atoms with E-state index in [1.54, 1.807) is 12.4 Å². The largest absolute Gasteiger partial charge is 0.349 e. The molecule has 1 atom stereocenters. The first kappa shape index (κ1) is 14.3. The van der Waals surface area contributed by atoms with Crippen molar-refractivity contribution >= 4 is 16.8 Å². The minimum absolute atomic E-state index is 0.0101. The number of para-hydroxylation sites is 1. The molecule has 22 heavy (non-hydrogen) atoms. The minimum atomic E-state index is -0.0458. The van der Waals surface area contributed by atoms with Crippen LogP contribution in [0.15, 0.2) is 55.0 Å². The van der Waals surface area contributed by atoms with E-state index in [4.69, 9.17) is 0 Å². The lowest BCUT2D eigenvalue weighted by Gasteiger charge is -2.14. The summed E-state index contributed by atoms with van der Waals surface area (Å²) in [6, 6.07) is 11.8. The van der Waals surface area contributed by atoms with Gasteiger partial charge in [-0.15, -0.1) is 0 Å². The van der Waals surface area contributed by atoms with Crippen molar-refractivity contribution < 1.29 is 4.79 Å². The number of carbonyl (C=O) groups is 1. The van der Waals surface area contributed by atoms with E-state index in [0.29, 0.717) is 13.0 Å². The van der Waals surface area contributed by atoms with Gasteiger partial charge in [0.05, 0.1) is 24.3 Å². The fraction of sp³-hybridized carbons (Fsp3) is 0.235. The van der Waals surface area contributed by atoms with Crippen LogP contribution in [0.3, 0.4) is 0 Å². The summed E-state index contributed by atoms with van der Waals surface area (Å²) in [4.78, 5) is 16.2. The number of aromatic nitrogens is 3. The number of carbonyl (C=O) groups excluding carboxylic acids is 1. The molecule has 2 heterocycles. The maximum atomic E-state index is 12.1. The number of rotatable bonds is 5. The second kappa shape index (κ2) is 6.39. The van der Waals surface area contributed by atoms with E-state index < -0.39 is 0 Å². The number of hydrogen-bond donors (Lipinski definition) is 1. The number of amides is 1. The van der Waals surface area contributed by atoms with Crippen molar-refractivity contribution in [3.63, 3.8) is 0 Å². The molecular weight excluding hydrogens is 276 g/mol. The third-order valence-corrected chi connectivity index (χ3v) is 3.66. The lowest BCUT2D eigenvalue weighted by molar-refractivity contribution is -0.122. The number of pyridine rings is 1. The molecule has 0 aliphatic rings. The number of benzene rings is 1. The molecule has 0 aliphatic carbocycles. The van der Waals surface area contributed by atoms with E-state index in [1.807, 2.05) is 54.2 Å². The topological polar surface area (TPSA) is 59.8 Å². The molecule has 0 saturated carbocycles.